The van der Waals surface area contributed by atoms with Gasteiger partial charge in [-0.2, -0.15) is 5.10 Å². The third kappa shape index (κ3) is 5.29. The molecule has 6 heteroatoms. The number of amides is 1. The molecule has 1 aromatic carbocycles. The lowest BCUT2D eigenvalue weighted by atomic mass is 10.1. The molecule has 0 N–H and O–H groups in total. The minimum Gasteiger partial charge on any atom is -0.452 e. The molecule has 2 aromatic rings. The second kappa shape index (κ2) is 8.66. The second-order valence-corrected chi connectivity index (χ2v) is 6.83. The number of carbonyl (C=O) groups excluding carboxylic acids is 2. The van der Waals surface area contributed by atoms with Gasteiger partial charge in [0.25, 0.3) is 5.91 Å². The van der Waals surface area contributed by atoms with Gasteiger partial charge in [-0.3, -0.25) is 9.48 Å². The number of nitrogens with zero attached hydrogens (tertiary/aromatic N) is 3. The summed E-state index contributed by atoms with van der Waals surface area (Å²) in [7, 11) is 3.55. The minimum atomic E-state index is -0.550. The third-order valence-electron chi connectivity index (χ3n) is 4.62. The summed E-state index contributed by atoms with van der Waals surface area (Å²) in [6, 6.07) is 6.12. The van der Waals surface area contributed by atoms with Crippen LogP contribution in [0.1, 0.15) is 33.6 Å². The van der Waals surface area contributed by atoms with Gasteiger partial charge >= 0.3 is 5.97 Å². The van der Waals surface area contributed by atoms with Gasteiger partial charge in [0.2, 0.25) is 0 Å². The van der Waals surface area contributed by atoms with Crippen molar-refractivity contribution in [1.29, 1.82) is 0 Å². The zero-order valence-electron chi connectivity index (χ0n) is 16.9. The molecule has 1 amide bonds. The predicted octanol–water partition coefficient (Wildman–Crippen LogP) is 2.87. The van der Waals surface area contributed by atoms with Gasteiger partial charge in [0.05, 0.1) is 5.69 Å². The lowest BCUT2D eigenvalue weighted by molar-refractivity contribution is -0.147. The Kier molecular flexibility index (Phi) is 6.55. The molecule has 0 bridgehead atoms. The van der Waals surface area contributed by atoms with Crippen LogP contribution in [0.2, 0.25) is 0 Å². The SMILES string of the molecule is Cc1ccc(CN(C)C(=O)COC(=O)/C=C/c2c(C)nn(C)c2C)c(C)c1. The topological polar surface area (TPSA) is 64.4 Å². The van der Waals surface area contributed by atoms with E-state index in [4.69, 9.17) is 4.74 Å². The van der Waals surface area contributed by atoms with Gasteiger partial charge in [0.1, 0.15) is 0 Å². The quantitative estimate of drug-likeness (QED) is 0.580. The summed E-state index contributed by atoms with van der Waals surface area (Å²) < 4.78 is 6.83. The van der Waals surface area contributed by atoms with Crippen molar-refractivity contribution in [2.24, 2.45) is 7.05 Å². The number of hydrogen-bond donors (Lipinski definition) is 0. The summed E-state index contributed by atoms with van der Waals surface area (Å²) in [6.07, 6.45) is 3.00. The van der Waals surface area contributed by atoms with Crippen LogP contribution in [0, 0.1) is 27.7 Å². The number of ether oxygens (including phenoxy) is 1. The zero-order valence-corrected chi connectivity index (χ0v) is 16.9. The van der Waals surface area contributed by atoms with Crippen LogP contribution in [0.3, 0.4) is 0 Å². The standard InChI is InChI=1S/C21H27N3O3/c1-14-7-8-18(15(2)11-14)12-23(5)20(25)13-27-21(26)10-9-19-16(3)22-24(6)17(19)4/h7-11H,12-13H2,1-6H3/b10-9+. The molecule has 144 valence electrons. The molecule has 0 aliphatic rings. The Morgan fingerprint density at radius 3 is 2.52 bits per heavy atom. The number of esters is 1. The zero-order chi connectivity index (χ0) is 20.1. The van der Waals surface area contributed by atoms with Crippen LogP contribution in [0.5, 0.6) is 0 Å². The van der Waals surface area contributed by atoms with Crippen molar-refractivity contribution in [3.8, 4) is 0 Å². The first kappa shape index (κ1) is 20.4. The molecule has 1 aromatic heterocycles. The predicted molar refractivity (Wildman–Crippen MR) is 105 cm³/mol. The molecule has 0 aliphatic carbocycles. The Labute approximate surface area is 160 Å². The Bertz CT molecular complexity index is 881. The molecule has 0 fully saturated rings. The summed E-state index contributed by atoms with van der Waals surface area (Å²) in [5.41, 5.74) is 6.07. The van der Waals surface area contributed by atoms with Crippen molar-refractivity contribution in [2.75, 3.05) is 13.7 Å². The highest BCUT2D eigenvalue weighted by atomic mass is 16.5. The fourth-order valence-corrected chi connectivity index (χ4v) is 2.84. The van der Waals surface area contributed by atoms with E-state index in [1.165, 1.54) is 11.6 Å². The molecule has 0 saturated heterocycles. The number of benzene rings is 1. The van der Waals surface area contributed by atoms with Crippen LogP contribution >= 0.6 is 0 Å². The molecule has 27 heavy (non-hydrogen) atoms. The van der Waals surface area contributed by atoms with E-state index >= 15 is 0 Å². The van der Waals surface area contributed by atoms with Crippen molar-refractivity contribution in [3.63, 3.8) is 0 Å². The number of aryl methyl sites for hydroxylation is 4. The highest BCUT2D eigenvalue weighted by molar-refractivity contribution is 5.89. The largest absolute Gasteiger partial charge is 0.452 e. The van der Waals surface area contributed by atoms with Crippen molar-refractivity contribution in [3.05, 3.63) is 57.9 Å². The maximum Gasteiger partial charge on any atom is 0.331 e. The van der Waals surface area contributed by atoms with Crippen LogP contribution in [0.15, 0.2) is 24.3 Å². The van der Waals surface area contributed by atoms with E-state index in [1.807, 2.05) is 46.9 Å². The van der Waals surface area contributed by atoms with E-state index in [2.05, 4.69) is 11.2 Å². The number of likely N-dealkylation sites (N-methyl/N-ethyl adjacent to an activating group) is 1. The molecule has 0 aliphatic heterocycles. The smallest absolute Gasteiger partial charge is 0.331 e. The monoisotopic (exact) mass is 369 g/mol. The number of aromatic nitrogens is 2. The van der Waals surface area contributed by atoms with Crippen LogP contribution in [-0.4, -0.2) is 40.2 Å². The van der Waals surface area contributed by atoms with E-state index in [0.29, 0.717) is 6.54 Å². The summed E-state index contributed by atoms with van der Waals surface area (Å²) in [5, 5.41) is 4.29. The third-order valence-corrected chi connectivity index (χ3v) is 4.62. The summed E-state index contributed by atoms with van der Waals surface area (Å²) in [5.74, 6) is -0.795. The molecule has 6 nitrogen and oxygen atoms in total. The lowest BCUT2D eigenvalue weighted by Gasteiger charge is -2.18. The fraction of sp³-hybridized carbons (Fsp3) is 0.381. The molecule has 0 radical (unpaired) electrons. The van der Waals surface area contributed by atoms with Crippen LogP contribution in [-0.2, 0) is 27.9 Å². The Morgan fingerprint density at radius 2 is 1.93 bits per heavy atom. The van der Waals surface area contributed by atoms with Crippen LogP contribution < -0.4 is 0 Å². The Balaban J connectivity index is 1.88. The van der Waals surface area contributed by atoms with Gasteiger partial charge < -0.3 is 9.64 Å². The Hall–Kier alpha value is -2.89. The first-order chi connectivity index (χ1) is 12.7. The van der Waals surface area contributed by atoms with Crippen molar-refractivity contribution < 1.29 is 14.3 Å². The molecule has 0 saturated carbocycles. The normalized spacial score (nSPS) is 11.0. The van der Waals surface area contributed by atoms with Gasteiger partial charge in [0, 0.05) is 38.0 Å². The van der Waals surface area contributed by atoms with Crippen molar-refractivity contribution in [1.82, 2.24) is 14.7 Å². The molecule has 0 spiro atoms. The van der Waals surface area contributed by atoms with Crippen LogP contribution in [0.25, 0.3) is 6.08 Å². The summed E-state index contributed by atoms with van der Waals surface area (Å²) >= 11 is 0. The first-order valence-corrected chi connectivity index (χ1v) is 8.84. The van der Waals surface area contributed by atoms with Gasteiger partial charge in [-0.05, 0) is 44.9 Å². The molecule has 0 atom stereocenters. The van der Waals surface area contributed by atoms with Crippen molar-refractivity contribution >= 4 is 18.0 Å². The first-order valence-electron chi connectivity index (χ1n) is 8.84. The average molecular weight is 369 g/mol. The minimum absolute atomic E-state index is 0.245. The molecule has 0 unspecified atom stereocenters. The molecule has 2 rings (SSSR count). The highest BCUT2D eigenvalue weighted by Crippen LogP contribution is 2.14. The molecular formula is C21H27N3O3. The second-order valence-electron chi connectivity index (χ2n) is 6.83. The van der Waals surface area contributed by atoms with Gasteiger partial charge in [-0.25, -0.2) is 4.79 Å². The van der Waals surface area contributed by atoms with E-state index in [1.54, 1.807) is 22.7 Å². The van der Waals surface area contributed by atoms with E-state index < -0.39 is 5.97 Å². The summed E-state index contributed by atoms with van der Waals surface area (Å²) in [6.45, 7) is 8.06. The van der Waals surface area contributed by atoms with E-state index in [-0.39, 0.29) is 12.5 Å². The number of hydrogen-bond acceptors (Lipinski definition) is 4. The maximum atomic E-state index is 12.2. The van der Waals surface area contributed by atoms with Crippen molar-refractivity contribution in [2.45, 2.75) is 34.2 Å². The lowest BCUT2D eigenvalue weighted by Crippen LogP contribution is -2.30. The van der Waals surface area contributed by atoms with Gasteiger partial charge in [0.15, 0.2) is 6.61 Å². The average Bonchev–Trinajstić information content (AvgIpc) is 2.85. The highest BCUT2D eigenvalue weighted by Gasteiger charge is 2.13. The van der Waals surface area contributed by atoms with Crippen LogP contribution in [0.4, 0.5) is 0 Å². The maximum absolute atomic E-state index is 12.2. The fourth-order valence-electron chi connectivity index (χ4n) is 2.84. The van der Waals surface area contributed by atoms with E-state index in [9.17, 15) is 9.59 Å². The summed E-state index contributed by atoms with van der Waals surface area (Å²) in [4.78, 5) is 25.7. The number of carbonyl (C=O) groups is 2. The molecular weight excluding hydrogens is 342 g/mol. The van der Waals surface area contributed by atoms with Gasteiger partial charge in [-0.15, -0.1) is 0 Å². The molecule has 1 heterocycles. The van der Waals surface area contributed by atoms with Gasteiger partial charge in [-0.1, -0.05) is 23.8 Å². The van der Waals surface area contributed by atoms with E-state index in [0.717, 1.165) is 28.1 Å². The Morgan fingerprint density at radius 1 is 1.22 bits per heavy atom. The number of rotatable bonds is 6.